The van der Waals surface area contributed by atoms with Gasteiger partial charge in [0.1, 0.15) is 5.69 Å². The monoisotopic (exact) mass is 203 g/mol. The quantitative estimate of drug-likeness (QED) is 0.689. The molecule has 0 spiro atoms. The summed E-state index contributed by atoms with van der Waals surface area (Å²) in [5.41, 5.74) is 0.0631. The summed E-state index contributed by atoms with van der Waals surface area (Å²) in [5, 5.41) is 0. The van der Waals surface area contributed by atoms with Gasteiger partial charge in [-0.25, -0.2) is 9.37 Å². The molecular formula is C10H6FN3O. The fourth-order valence-corrected chi connectivity index (χ4v) is 1.11. The van der Waals surface area contributed by atoms with Crippen molar-refractivity contribution in [2.75, 3.05) is 0 Å². The third kappa shape index (κ3) is 1.85. The Kier molecular flexibility index (Phi) is 2.45. The number of aromatic nitrogens is 3. The second-order valence-electron chi connectivity index (χ2n) is 2.78. The van der Waals surface area contributed by atoms with Crippen molar-refractivity contribution < 1.29 is 9.18 Å². The molecular weight excluding hydrogens is 197 g/mol. The standard InChI is InChI=1S/C10H6FN3O/c11-8-5-12-2-1-7(8)10(15)9-6-13-3-4-14-9/h1-6H. The van der Waals surface area contributed by atoms with Crippen LogP contribution < -0.4 is 0 Å². The highest BCUT2D eigenvalue weighted by molar-refractivity contribution is 6.07. The molecule has 0 radical (unpaired) electrons. The first kappa shape index (κ1) is 9.39. The van der Waals surface area contributed by atoms with Crippen LogP contribution in [0.3, 0.4) is 0 Å². The van der Waals surface area contributed by atoms with E-state index >= 15 is 0 Å². The van der Waals surface area contributed by atoms with E-state index in [9.17, 15) is 9.18 Å². The van der Waals surface area contributed by atoms with E-state index in [1.54, 1.807) is 0 Å². The highest BCUT2D eigenvalue weighted by Crippen LogP contribution is 2.09. The number of halogens is 1. The molecule has 2 aromatic rings. The Bertz CT molecular complexity index is 487. The van der Waals surface area contributed by atoms with Crippen molar-refractivity contribution in [2.45, 2.75) is 0 Å². The van der Waals surface area contributed by atoms with Crippen LogP contribution in [0.15, 0.2) is 37.1 Å². The molecule has 0 aliphatic rings. The van der Waals surface area contributed by atoms with E-state index < -0.39 is 11.6 Å². The van der Waals surface area contributed by atoms with Crippen LogP contribution in [0, 0.1) is 5.82 Å². The molecule has 74 valence electrons. The molecule has 2 rings (SSSR count). The lowest BCUT2D eigenvalue weighted by Crippen LogP contribution is -2.06. The van der Waals surface area contributed by atoms with E-state index in [2.05, 4.69) is 15.0 Å². The molecule has 0 saturated heterocycles. The number of hydrogen-bond donors (Lipinski definition) is 0. The molecule has 0 saturated carbocycles. The fourth-order valence-electron chi connectivity index (χ4n) is 1.11. The molecule has 0 fully saturated rings. The van der Waals surface area contributed by atoms with Gasteiger partial charge in [-0.15, -0.1) is 0 Å². The van der Waals surface area contributed by atoms with Crippen molar-refractivity contribution in [3.63, 3.8) is 0 Å². The minimum absolute atomic E-state index is 0.0505. The highest BCUT2D eigenvalue weighted by atomic mass is 19.1. The first-order valence-electron chi connectivity index (χ1n) is 4.19. The highest BCUT2D eigenvalue weighted by Gasteiger charge is 2.14. The topological polar surface area (TPSA) is 55.7 Å². The first-order chi connectivity index (χ1) is 7.29. The van der Waals surface area contributed by atoms with Crippen molar-refractivity contribution in [3.8, 4) is 0 Å². The molecule has 4 nitrogen and oxygen atoms in total. The molecule has 0 aliphatic heterocycles. The molecule has 0 atom stereocenters. The van der Waals surface area contributed by atoms with Gasteiger partial charge in [0.05, 0.1) is 18.0 Å². The largest absolute Gasteiger partial charge is 0.287 e. The third-order valence-electron chi connectivity index (χ3n) is 1.81. The zero-order valence-corrected chi connectivity index (χ0v) is 7.59. The van der Waals surface area contributed by atoms with Crippen LogP contribution in [0.5, 0.6) is 0 Å². The second kappa shape index (κ2) is 3.91. The van der Waals surface area contributed by atoms with E-state index in [1.165, 1.54) is 30.9 Å². The smallest absolute Gasteiger partial charge is 0.215 e. The van der Waals surface area contributed by atoms with Crippen LogP contribution in [-0.2, 0) is 0 Å². The normalized spacial score (nSPS) is 9.93. The van der Waals surface area contributed by atoms with Crippen molar-refractivity contribution in [2.24, 2.45) is 0 Å². The van der Waals surface area contributed by atoms with Crippen LogP contribution in [0.1, 0.15) is 16.1 Å². The molecule has 0 amide bonds. The third-order valence-corrected chi connectivity index (χ3v) is 1.81. The van der Waals surface area contributed by atoms with Gasteiger partial charge in [-0.3, -0.25) is 14.8 Å². The lowest BCUT2D eigenvalue weighted by molar-refractivity contribution is 0.103. The van der Waals surface area contributed by atoms with Gasteiger partial charge in [-0.1, -0.05) is 0 Å². The van der Waals surface area contributed by atoms with Crippen molar-refractivity contribution in [3.05, 3.63) is 54.1 Å². The number of ketones is 1. The van der Waals surface area contributed by atoms with E-state index in [0.29, 0.717) is 0 Å². The molecule has 0 aromatic carbocycles. The summed E-state index contributed by atoms with van der Waals surface area (Å²) in [6, 6.07) is 1.31. The molecule has 2 heterocycles. The van der Waals surface area contributed by atoms with Crippen LogP contribution in [0.2, 0.25) is 0 Å². The maximum Gasteiger partial charge on any atom is 0.215 e. The van der Waals surface area contributed by atoms with Crippen LogP contribution in [0.25, 0.3) is 0 Å². The van der Waals surface area contributed by atoms with E-state index in [1.807, 2.05) is 0 Å². The molecule has 0 bridgehead atoms. The molecule has 0 N–H and O–H groups in total. The average molecular weight is 203 g/mol. The van der Waals surface area contributed by atoms with Gasteiger partial charge in [0.2, 0.25) is 5.78 Å². The Balaban J connectivity index is 2.42. The minimum Gasteiger partial charge on any atom is -0.287 e. The lowest BCUT2D eigenvalue weighted by atomic mass is 10.1. The number of rotatable bonds is 2. The number of carbonyl (C=O) groups is 1. The van der Waals surface area contributed by atoms with Gasteiger partial charge in [0.25, 0.3) is 0 Å². The molecule has 15 heavy (non-hydrogen) atoms. The summed E-state index contributed by atoms with van der Waals surface area (Å²) in [5.74, 6) is -1.16. The van der Waals surface area contributed by atoms with Crippen molar-refractivity contribution in [1.82, 2.24) is 15.0 Å². The minimum atomic E-state index is -0.659. The van der Waals surface area contributed by atoms with Gasteiger partial charge in [-0.05, 0) is 6.07 Å². The van der Waals surface area contributed by atoms with Crippen LogP contribution in [-0.4, -0.2) is 20.7 Å². The van der Waals surface area contributed by atoms with Gasteiger partial charge in [0.15, 0.2) is 5.82 Å². The lowest BCUT2D eigenvalue weighted by Gasteiger charge is -1.99. The predicted molar refractivity (Wildman–Crippen MR) is 49.7 cm³/mol. The first-order valence-corrected chi connectivity index (χ1v) is 4.19. The van der Waals surface area contributed by atoms with Crippen LogP contribution >= 0.6 is 0 Å². The summed E-state index contributed by atoms with van der Waals surface area (Å²) in [6.07, 6.45) is 6.46. The molecule has 0 aliphatic carbocycles. The van der Waals surface area contributed by atoms with Gasteiger partial charge >= 0.3 is 0 Å². The summed E-state index contributed by atoms with van der Waals surface area (Å²) in [4.78, 5) is 22.8. The second-order valence-corrected chi connectivity index (χ2v) is 2.78. The maximum atomic E-state index is 13.2. The Morgan fingerprint density at radius 3 is 2.60 bits per heavy atom. The fraction of sp³-hybridized carbons (Fsp3) is 0. The summed E-state index contributed by atoms with van der Waals surface area (Å²) < 4.78 is 13.2. The number of pyridine rings is 1. The SMILES string of the molecule is O=C(c1cnccn1)c1ccncc1F. The molecule has 5 heteroatoms. The summed E-state index contributed by atoms with van der Waals surface area (Å²) in [7, 11) is 0. The van der Waals surface area contributed by atoms with E-state index in [0.717, 1.165) is 6.20 Å². The number of hydrogen-bond acceptors (Lipinski definition) is 4. The Morgan fingerprint density at radius 1 is 1.13 bits per heavy atom. The number of carbonyl (C=O) groups excluding carboxylic acids is 1. The van der Waals surface area contributed by atoms with E-state index in [4.69, 9.17) is 0 Å². The average Bonchev–Trinajstić information content (AvgIpc) is 2.30. The maximum absolute atomic E-state index is 13.2. The summed E-state index contributed by atoms with van der Waals surface area (Å²) >= 11 is 0. The zero-order valence-electron chi connectivity index (χ0n) is 7.59. The van der Waals surface area contributed by atoms with Gasteiger partial charge in [-0.2, -0.15) is 0 Å². The molecule has 0 unspecified atom stereocenters. The van der Waals surface area contributed by atoms with Gasteiger partial charge < -0.3 is 0 Å². The summed E-state index contributed by atoms with van der Waals surface area (Å²) in [6.45, 7) is 0. The van der Waals surface area contributed by atoms with Crippen molar-refractivity contribution >= 4 is 5.78 Å². The van der Waals surface area contributed by atoms with Gasteiger partial charge in [0, 0.05) is 18.6 Å². The molecule has 2 aromatic heterocycles. The Morgan fingerprint density at radius 2 is 1.93 bits per heavy atom. The Labute approximate surface area is 84.8 Å². The zero-order chi connectivity index (χ0) is 10.7. The van der Waals surface area contributed by atoms with E-state index in [-0.39, 0.29) is 11.3 Å². The van der Waals surface area contributed by atoms with Crippen LogP contribution in [0.4, 0.5) is 4.39 Å². The number of nitrogens with zero attached hydrogens (tertiary/aromatic N) is 3. The van der Waals surface area contributed by atoms with Crippen molar-refractivity contribution in [1.29, 1.82) is 0 Å². The predicted octanol–water partition coefficient (Wildman–Crippen LogP) is 1.24. The Hall–Kier alpha value is -2.17.